The number of rotatable bonds is 6. The minimum Gasteiger partial charge on any atom is -0.370 e. The highest BCUT2D eigenvalue weighted by molar-refractivity contribution is 9.10. The van der Waals surface area contributed by atoms with Crippen LogP contribution in [-0.4, -0.2) is 36.9 Å². The van der Waals surface area contributed by atoms with Crippen molar-refractivity contribution in [3.63, 3.8) is 0 Å². The number of anilines is 1. The number of aromatic nitrogens is 1. The van der Waals surface area contributed by atoms with Gasteiger partial charge in [-0.2, -0.15) is 0 Å². The molecule has 0 unspecified atom stereocenters. The van der Waals surface area contributed by atoms with E-state index in [1.54, 1.807) is 33.2 Å². The second-order valence-electron chi connectivity index (χ2n) is 5.23. The lowest BCUT2D eigenvalue weighted by molar-refractivity contribution is -0.128. The fourth-order valence-corrected chi connectivity index (χ4v) is 2.07. The first-order valence-corrected chi connectivity index (χ1v) is 7.51. The van der Waals surface area contributed by atoms with Crippen molar-refractivity contribution < 1.29 is 9.59 Å². The summed E-state index contributed by atoms with van der Waals surface area (Å²) in [6.45, 7) is 6.38. The molecule has 0 aliphatic carbocycles. The van der Waals surface area contributed by atoms with Crippen LogP contribution in [0.25, 0.3) is 0 Å². The number of halogens is 1. The minimum atomic E-state index is -0.678. The maximum Gasteiger partial charge on any atom is 0.255 e. The molecule has 0 aliphatic rings. The maximum atomic E-state index is 12.3. The summed E-state index contributed by atoms with van der Waals surface area (Å²) in [6, 6.07) is 1.70. The van der Waals surface area contributed by atoms with Gasteiger partial charge in [-0.05, 0) is 42.8 Å². The van der Waals surface area contributed by atoms with Gasteiger partial charge in [-0.3, -0.25) is 9.59 Å². The van der Waals surface area contributed by atoms with E-state index in [0.29, 0.717) is 17.9 Å². The van der Waals surface area contributed by atoms with E-state index in [0.717, 1.165) is 4.47 Å². The summed E-state index contributed by atoms with van der Waals surface area (Å²) in [5, 5.41) is 8.41. The van der Waals surface area contributed by atoms with Crippen LogP contribution in [0.3, 0.4) is 0 Å². The summed E-state index contributed by atoms with van der Waals surface area (Å²) in [4.78, 5) is 28.2. The lowest BCUT2D eigenvalue weighted by Gasteiger charge is -2.23. The van der Waals surface area contributed by atoms with Crippen molar-refractivity contribution in [3.05, 3.63) is 22.3 Å². The van der Waals surface area contributed by atoms with Crippen molar-refractivity contribution in [2.24, 2.45) is 5.41 Å². The third-order valence-corrected chi connectivity index (χ3v) is 3.41. The van der Waals surface area contributed by atoms with Crippen LogP contribution < -0.4 is 16.0 Å². The van der Waals surface area contributed by atoms with Crippen LogP contribution >= 0.6 is 15.9 Å². The van der Waals surface area contributed by atoms with E-state index >= 15 is 0 Å². The van der Waals surface area contributed by atoms with E-state index in [2.05, 4.69) is 36.9 Å². The second kappa shape index (κ2) is 7.40. The molecule has 0 radical (unpaired) electrons. The minimum absolute atomic E-state index is 0.123. The van der Waals surface area contributed by atoms with Gasteiger partial charge < -0.3 is 16.0 Å². The molecule has 0 saturated carbocycles. The molecular formula is C14H21BrN4O2. The van der Waals surface area contributed by atoms with Crippen molar-refractivity contribution in [2.45, 2.75) is 20.8 Å². The van der Waals surface area contributed by atoms with Crippen molar-refractivity contribution >= 4 is 33.6 Å². The third-order valence-electron chi connectivity index (χ3n) is 2.98. The molecule has 1 rings (SSSR count). The van der Waals surface area contributed by atoms with Gasteiger partial charge in [0.25, 0.3) is 5.91 Å². The number of carbonyl (C=O) groups is 2. The molecule has 0 saturated heterocycles. The van der Waals surface area contributed by atoms with Gasteiger partial charge in [0.2, 0.25) is 5.91 Å². The molecule has 2 amide bonds. The Morgan fingerprint density at radius 1 is 1.38 bits per heavy atom. The Morgan fingerprint density at radius 2 is 2.05 bits per heavy atom. The fraction of sp³-hybridized carbons (Fsp3) is 0.500. The lowest BCUT2D eigenvalue weighted by Crippen LogP contribution is -2.43. The first-order chi connectivity index (χ1) is 9.81. The van der Waals surface area contributed by atoms with E-state index in [9.17, 15) is 9.59 Å². The molecule has 0 fully saturated rings. The van der Waals surface area contributed by atoms with Crippen molar-refractivity contribution in [3.8, 4) is 0 Å². The molecule has 0 aromatic carbocycles. The second-order valence-corrected chi connectivity index (χ2v) is 6.14. The first-order valence-electron chi connectivity index (χ1n) is 6.71. The van der Waals surface area contributed by atoms with E-state index < -0.39 is 5.41 Å². The Balaban J connectivity index is 2.85. The summed E-state index contributed by atoms with van der Waals surface area (Å²) >= 11 is 3.31. The first kappa shape index (κ1) is 17.4. The van der Waals surface area contributed by atoms with E-state index in [4.69, 9.17) is 0 Å². The maximum absolute atomic E-state index is 12.3. The number of pyridine rings is 1. The number of nitrogens with one attached hydrogen (secondary N) is 3. The normalized spacial score (nSPS) is 10.9. The average Bonchev–Trinajstić information content (AvgIpc) is 2.46. The number of amides is 2. The summed E-state index contributed by atoms with van der Waals surface area (Å²) in [6.07, 6.45) is 1.63. The largest absolute Gasteiger partial charge is 0.370 e. The van der Waals surface area contributed by atoms with E-state index in [1.165, 1.54) is 0 Å². The van der Waals surface area contributed by atoms with Gasteiger partial charge in [0.15, 0.2) is 0 Å². The molecule has 21 heavy (non-hydrogen) atoms. The molecular weight excluding hydrogens is 336 g/mol. The van der Waals surface area contributed by atoms with Crippen LogP contribution in [0.4, 0.5) is 5.82 Å². The Labute approximate surface area is 133 Å². The number of carbonyl (C=O) groups excluding carboxylic acids is 2. The fourth-order valence-electron chi connectivity index (χ4n) is 1.74. The highest BCUT2D eigenvalue weighted by Crippen LogP contribution is 2.19. The zero-order chi connectivity index (χ0) is 16.0. The number of hydrogen-bond donors (Lipinski definition) is 3. The highest BCUT2D eigenvalue weighted by Gasteiger charge is 2.27. The predicted molar refractivity (Wildman–Crippen MR) is 86.3 cm³/mol. The van der Waals surface area contributed by atoms with Gasteiger partial charge in [0.1, 0.15) is 5.82 Å². The van der Waals surface area contributed by atoms with Gasteiger partial charge in [-0.25, -0.2) is 4.98 Å². The van der Waals surface area contributed by atoms with Crippen molar-refractivity contribution in [2.75, 3.05) is 25.5 Å². The van der Waals surface area contributed by atoms with E-state index in [1.807, 2.05) is 6.92 Å². The Bertz CT molecular complexity index is 532. The smallest absolute Gasteiger partial charge is 0.255 e. The zero-order valence-electron chi connectivity index (χ0n) is 12.7. The van der Waals surface area contributed by atoms with Gasteiger partial charge in [0.05, 0.1) is 11.0 Å². The van der Waals surface area contributed by atoms with Crippen LogP contribution in [0.1, 0.15) is 31.1 Å². The number of nitrogens with zero attached hydrogens (tertiary/aromatic N) is 1. The summed E-state index contributed by atoms with van der Waals surface area (Å²) in [5.41, 5.74) is -0.235. The molecule has 0 bridgehead atoms. The Kier molecular flexibility index (Phi) is 6.14. The molecule has 116 valence electrons. The molecule has 1 aromatic rings. The van der Waals surface area contributed by atoms with Gasteiger partial charge in [-0.15, -0.1) is 0 Å². The molecule has 3 N–H and O–H groups in total. The van der Waals surface area contributed by atoms with E-state index in [-0.39, 0.29) is 18.4 Å². The Hall–Kier alpha value is -1.63. The lowest BCUT2D eigenvalue weighted by atomic mass is 9.92. The molecule has 6 nitrogen and oxygen atoms in total. The molecule has 0 atom stereocenters. The predicted octanol–water partition coefficient (Wildman–Crippen LogP) is 1.78. The zero-order valence-corrected chi connectivity index (χ0v) is 14.3. The Morgan fingerprint density at radius 3 is 2.62 bits per heavy atom. The van der Waals surface area contributed by atoms with Gasteiger partial charge in [-0.1, -0.05) is 0 Å². The van der Waals surface area contributed by atoms with Crippen LogP contribution in [0.2, 0.25) is 0 Å². The van der Waals surface area contributed by atoms with Crippen LogP contribution in [0.5, 0.6) is 0 Å². The van der Waals surface area contributed by atoms with Crippen LogP contribution in [-0.2, 0) is 4.79 Å². The van der Waals surface area contributed by atoms with Crippen molar-refractivity contribution in [1.82, 2.24) is 15.6 Å². The third kappa shape index (κ3) is 4.70. The van der Waals surface area contributed by atoms with Crippen LogP contribution in [0.15, 0.2) is 16.7 Å². The quantitative estimate of drug-likeness (QED) is 0.725. The summed E-state index contributed by atoms with van der Waals surface area (Å²) < 4.78 is 0.722. The molecule has 0 spiro atoms. The van der Waals surface area contributed by atoms with Crippen molar-refractivity contribution in [1.29, 1.82) is 0 Å². The monoisotopic (exact) mass is 356 g/mol. The topological polar surface area (TPSA) is 83.1 Å². The molecule has 1 aromatic heterocycles. The SMILES string of the molecule is CCNc1ncc(Br)cc1C(=O)NCC(C)(C)C(=O)NC. The molecule has 7 heteroatoms. The average molecular weight is 357 g/mol. The highest BCUT2D eigenvalue weighted by atomic mass is 79.9. The summed E-state index contributed by atoms with van der Waals surface area (Å²) in [5.74, 6) is 0.134. The standard InChI is InChI=1S/C14H21BrN4O2/c1-5-17-11-10(6-9(15)7-18-11)12(20)19-8-14(2,3)13(21)16-4/h6-7H,5,8H2,1-4H3,(H,16,21)(H,17,18)(H,19,20). The number of hydrogen-bond acceptors (Lipinski definition) is 4. The molecule has 0 aliphatic heterocycles. The van der Waals surface area contributed by atoms with Crippen LogP contribution in [0, 0.1) is 5.41 Å². The summed E-state index contributed by atoms with van der Waals surface area (Å²) in [7, 11) is 1.58. The van der Waals surface area contributed by atoms with Gasteiger partial charge >= 0.3 is 0 Å². The molecule has 1 heterocycles. The van der Waals surface area contributed by atoms with Gasteiger partial charge in [0, 0.05) is 30.8 Å².